The number of hydrogen-bond acceptors (Lipinski definition) is 9. The molecule has 0 spiro atoms. The number of carbonyl (C=O) groups is 3. The first-order chi connectivity index (χ1) is 20.2. The minimum absolute atomic E-state index is 0.156. The summed E-state index contributed by atoms with van der Waals surface area (Å²) in [6.45, 7) is 6.60. The fourth-order valence-electron chi connectivity index (χ4n) is 6.00. The maximum atomic E-state index is 13.9. The van der Waals surface area contributed by atoms with Crippen LogP contribution in [0, 0.1) is 17.8 Å². The Labute approximate surface area is 253 Å². The van der Waals surface area contributed by atoms with E-state index in [9.17, 15) is 22.8 Å². The van der Waals surface area contributed by atoms with Gasteiger partial charge in [-0.2, -0.15) is 9.97 Å². The molecule has 13 heteroatoms. The third kappa shape index (κ3) is 6.81. The lowest BCUT2D eigenvalue weighted by Crippen LogP contribution is -2.54. The van der Waals surface area contributed by atoms with Crippen LogP contribution in [-0.4, -0.2) is 78.6 Å². The average Bonchev–Trinajstić information content (AvgIpc) is 3.86. The fourth-order valence-corrected chi connectivity index (χ4v) is 7.37. The standard InChI is InChI=1S/C30H43N5O7S/c1-29(2,3)23-16-24(32-28(31-23)41-5)42-19-14-21-22(15-19)26(37)35(4)13-9-7-6-8-10-18-17-30(18,33-25(21)36)27(38)34-43(39,40)20-11-12-20/h8,10,16,18-22H,6-7,9,11-15,17H2,1-5H3,(H,33,36)(H,34,38)/t18-,19-,21-,22-,30-/m1/s1. The zero-order valence-corrected chi connectivity index (χ0v) is 26.4. The van der Waals surface area contributed by atoms with Crippen LogP contribution in [0.25, 0.3) is 0 Å². The van der Waals surface area contributed by atoms with Gasteiger partial charge < -0.3 is 19.7 Å². The number of hydrogen-bond donors (Lipinski definition) is 2. The molecular formula is C30H43N5O7S. The number of amides is 3. The molecule has 43 heavy (non-hydrogen) atoms. The summed E-state index contributed by atoms with van der Waals surface area (Å²) < 4.78 is 39.0. The van der Waals surface area contributed by atoms with Gasteiger partial charge in [0.1, 0.15) is 11.6 Å². The summed E-state index contributed by atoms with van der Waals surface area (Å²) in [7, 11) is -0.580. The first kappa shape index (κ1) is 31.2. The number of carbonyl (C=O) groups excluding carboxylic acids is 3. The Bertz CT molecular complexity index is 1400. The molecule has 0 saturated heterocycles. The van der Waals surface area contributed by atoms with Gasteiger partial charge in [-0.25, -0.2) is 8.42 Å². The molecule has 236 valence electrons. The molecule has 0 bridgehead atoms. The van der Waals surface area contributed by atoms with E-state index in [2.05, 4.69) is 20.0 Å². The minimum atomic E-state index is -3.80. The summed E-state index contributed by atoms with van der Waals surface area (Å²) >= 11 is 0. The van der Waals surface area contributed by atoms with E-state index in [1.165, 1.54) is 7.11 Å². The van der Waals surface area contributed by atoms with Gasteiger partial charge >= 0.3 is 6.01 Å². The number of aromatic nitrogens is 2. The van der Waals surface area contributed by atoms with Crippen molar-refractivity contribution in [3.63, 3.8) is 0 Å². The van der Waals surface area contributed by atoms with Gasteiger partial charge in [-0.15, -0.1) is 0 Å². The maximum absolute atomic E-state index is 13.9. The summed E-state index contributed by atoms with van der Waals surface area (Å²) in [5, 5.41) is 2.33. The van der Waals surface area contributed by atoms with Crippen LogP contribution < -0.4 is 19.5 Å². The van der Waals surface area contributed by atoms with E-state index < -0.39 is 50.6 Å². The van der Waals surface area contributed by atoms with Crippen LogP contribution in [0.4, 0.5) is 0 Å². The fraction of sp³-hybridized carbons (Fsp3) is 0.700. The molecule has 3 saturated carbocycles. The number of ether oxygens (including phenoxy) is 2. The average molecular weight is 618 g/mol. The molecule has 1 aromatic heterocycles. The molecule has 0 aromatic carbocycles. The largest absolute Gasteiger partial charge is 0.474 e. The molecule has 2 N–H and O–H groups in total. The third-order valence-electron chi connectivity index (χ3n) is 8.92. The van der Waals surface area contributed by atoms with Crippen molar-refractivity contribution in [2.45, 2.75) is 94.4 Å². The smallest absolute Gasteiger partial charge is 0.319 e. The second-order valence-corrected chi connectivity index (χ2v) is 15.3. The topological polar surface area (TPSA) is 157 Å². The van der Waals surface area contributed by atoms with E-state index in [0.717, 1.165) is 25.0 Å². The summed E-state index contributed by atoms with van der Waals surface area (Å²) in [4.78, 5) is 51.5. The van der Waals surface area contributed by atoms with Gasteiger partial charge in [-0.3, -0.25) is 19.1 Å². The van der Waals surface area contributed by atoms with E-state index in [4.69, 9.17) is 9.47 Å². The highest BCUT2D eigenvalue weighted by Crippen LogP contribution is 2.47. The highest BCUT2D eigenvalue weighted by Gasteiger charge is 2.62. The molecule has 3 aliphatic carbocycles. The summed E-state index contributed by atoms with van der Waals surface area (Å²) in [5.74, 6) is -2.82. The van der Waals surface area contributed by atoms with Crippen molar-refractivity contribution in [2.75, 3.05) is 20.7 Å². The molecule has 2 heterocycles. The molecule has 5 rings (SSSR count). The highest BCUT2D eigenvalue weighted by molar-refractivity contribution is 7.91. The van der Waals surface area contributed by atoms with Gasteiger partial charge in [0.25, 0.3) is 5.91 Å². The number of nitrogens with one attached hydrogen (secondary N) is 2. The van der Waals surface area contributed by atoms with Crippen molar-refractivity contribution in [1.82, 2.24) is 24.9 Å². The summed E-state index contributed by atoms with van der Waals surface area (Å²) in [5.41, 5.74) is -0.949. The molecule has 1 aliphatic heterocycles. The second kappa shape index (κ2) is 11.7. The van der Waals surface area contributed by atoms with Crippen LogP contribution in [0.5, 0.6) is 11.9 Å². The normalized spacial score (nSPS) is 30.0. The maximum Gasteiger partial charge on any atom is 0.319 e. The van der Waals surface area contributed by atoms with Gasteiger partial charge in [0.2, 0.25) is 27.7 Å². The van der Waals surface area contributed by atoms with Crippen LogP contribution >= 0.6 is 0 Å². The second-order valence-electron chi connectivity index (χ2n) is 13.4. The molecule has 3 fully saturated rings. The molecular weight excluding hydrogens is 574 g/mol. The molecule has 1 aromatic rings. The quantitative estimate of drug-likeness (QED) is 0.457. The molecule has 12 nitrogen and oxygen atoms in total. The SMILES string of the molecule is COc1nc(O[C@@H]2C[C@H]3C(=O)N[C@]4(C(=O)NS(=O)(=O)C5CC5)C[C@H]4C=CCCCCN(C)C(=O)[C@@H]3C2)cc(C(C)(C)C)n1. The lowest BCUT2D eigenvalue weighted by atomic mass is 9.92. The number of fused-ring (bicyclic) bond motifs is 2. The van der Waals surface area contributed by atoms with Crippen LogP contribution in [0.3, 0.4) is 0 Å². The van der Waals surface area contributed by atoms with Crippen LogP contribution in [0.15, 0.2) is 18.2 Å². The zero-order chi connectivity index (χ0) is 31.2. The van der Waals surface area contributed by atoms with Crippen molar-refractivity contribution in [3.05, 3.63) is 23.9 Å². The van der Waals surface area contributed by atoms with E-state index in [-0.39, 0.29) is 36.1 Å². The van der Waals surface area contributed by atoms with E-state index >= 15 is 0 Å². The summed E-state index contributed by atoms with van der Waals surface area (Å²) in [6.07, 6.45) is 7.61. The van der Waals surface area contributed by atoms with Crippen molar-refractivity contribution in [2.24, 2.45) is 17.8 Å². The van der Waals surface area contributed by atoms with Gasteiger partial charge in [0.05, 0.1) is 29.9 Å². The molecule has 0 radical (unpaired) electrons. The Morgan fingerprint density at radius 3 is 2.53 bits per heavy atom. The predicted octanol–water partition coefficient (Wildman–Crippen LogP) is 2.24. The molecule has 5 atom stereocenters. The Hall–Kier alpha value is -3.22. The van der Waals surface area contributed by atoms with Gasteiger partial charge in [-0.1, -0.05) is 32.9 Å². The lowest BCUT2D eigenvalue weighted by molar-refractivity contribution is -0.140. The minimum Gasteiger partial charge on any atom is -0.474 e. The Balaban J connectivity index is 1.41. The van der Waals surface area contributed by atoms with Crippen LogP contribution in [-0.2, 0) is 29.8 Å². The Morgan fingerprint density at radius 1 is 1.14 bits per heavy atom. The van der Waals surface area contributed by atoms with Crippen molar-refractivity contribution in [3.8, 4) is 11.9 Å². The number of rotatable bonds is 6. The molecule has 3 amide bonds. The molecule has 0 unspecified atom stereocenters. The number of nitrogens with zero attached hydrogens (tertiary/aromatic N) is 3. The summed E-state index contributed by atoms with van der Waals surface area (Å²) in [6, 6.07) is 1.91. The van der Waals surface area contributed by atoms with E-state index in [0.29, 0.717) is 31.7 Å². The monoisotopic (exact) mass is 617 g/mol. The first-order valence-electron chi connectivity index (χ1n) is 15.1. The number of allylic oxidation sites excluding steroid dienone is 1. The zero-order valence-electron chi connectivity index (χ0n) is 25.6. The lowest BCUT2D eigenvalue weighted by Gasteiger charge is -2.26. The Kier molecular flexibility index (Phi) is 8.49. The number of methoxy groups -OCH3 is 1. The Morgan fingerprint density at radius 2 is 1.86 bits per heavy atom. The van der Waals surface area contributed by atoms with Crippen LogP contribution in [0.1, 0.15) is 77.8 Å². The van der Waals surface area contributed by atoms with Gasteiger partial charge in [-0.05, 0) is 51.4 Å². The van der Waals surface area contributed by atoms with Crippen LogP contribution in [0.2, 0.25) is 0 Å². The van der Waals surface area contributed by atoms with Gasteiger partial charge in [0, 0.05) is 31.0 Å². The van der Waals surface area contributed by atoms with E-state index in [1.807, 2.05) is 32.9 Å². The van der Waals surface area contributed by atoms with Gasteiger partial charge in [0.15, 0.2) is 0 Å². The van der Waals surface area contributed by atoms with Crippen molar-refractivity contribution in [1.29, 1.82) is 0 Å². The third-order valence-corrected chi connectivity index (χ3v) is 10.7. The first-order valence-corrected chi connectivity index (χ1v) is 16.7. The van der Waals surface area contributed by atoms with Crippen molar-refractivity contribution < 1.29 is 32.3 Å². The van der Waals surface area contributed by atoms with Crippen molar-refractivity contribution >= 4 is 27.7 Å². The predicted molar refractivity (Wildman–Crippen MR) is 158 cm³/mol. The number of sulfonamides is 1. The highest BCUT2D eigenvalue weighted by atomic mass is 32.2. The molecule has 4 aliphatic rings. The van der Waals surface area contributed by atoms with E-state index in [1.54, 1.807) is 18.0 Å².